The van der Waals surface area contributed by atoms with Gasteiger partial charge in [0, 0.05) is 49.9 Å². The van der Waals surface area contributed by atoms with Gasteiger partial charge in [-0.3, -0.25) is 9.69 Å². The third-order valence-corrected chi connectivity index (χ3v) is 8.07. The number of nitrogens with zero attached hydrogens (tertiary/aromatic N) is 4. The van der Waals surface area contributed by atoms with Crippen molar-refractivity contribution in [2.75, 3.05) is 49.5 Å². The van der Waals surface area contributed by atoms with Gasteiger partial charge in [0.15, 0.2) is 0 Å². The van der Waals surface area contributed by atoms with E-state index in [4.69, 9.17) is 4.98 Å². The number of nitrogens with one attached hydrogen (secondary N) is 3. The number of hydrogen-bond acceptors (Lipinski definition) is 7. The van der Waals surface area contributed by atoms with E-state index in [1.807, 2.05) is 6.20 Å². The number of carbonyl (C=O) groups excluding carboxylic acids is 1. The lowest BCUT2D eigenvalue weighted by Gasteiger charge is -2.44. The summed E-state index contributed by atoms with van der Waals surface area (Å²) in [5, 5.41) is 10.3. The first kappa shape index (κ1) is 26.1. The van der Waals surface area contributed by atoms with E-state index in [9.17, 15) is 4.79 Å². The molecule has 1 aromatic rings. The van der Waals surface area contributed by atoms with E-state index in [2.05, 4.69) is 50.6 Å². The Labute approximate surface area is 212 Å². The first-order valence-electron chi connectivity index (χ1n) is 14.2. The van der Waals surface area contributed by atoms with E-state index >= 15 is 0 Å². The summed E-state index contributed by atoms with van der Waals surface area (Å²) < 4.78 is 0. The van der Waals surface area contributed by atoms with Crippen LogP contribution in [0.2, 0.25) is 0 Å². The highest BCUT2D eigenvalue weighted by Gasteiger charge is 2.33. The molecule has 0 radical (unpaired) electrons. The van der Waals surface area contributed by atoms with Crippen LogP contribution in [0.5, 0.6) is 0 Å². The Morgan fingerprint density at radius 3 is 2.54 bits per heavy atom. The zero-order chi connectivity index (χ0) is 24.5. The van der Waals surface area contributed by atoms with Gasteiger partial charge in [0.25, 0.3) is 0 Å². The zero-order valence-electron chi connectivity index (χ0n) is 22.0. The molecule has 35 heavy (non-hydrogen) atoms. The maximum atomic E-state index is 12.7. The van der Waals surface area contributed by atoms with Gasteiger partial charge >= 0.3 is 0 Å². The van der Waals surface area contributed by atoms with Gasteiger partial charge in [0.2, 0.25) is 11.9 Å². The lowest BCUT2D eigenvalue weighted by molar-refractivity contribution is -0.125. The van der Waals surface area contributed by atoms with Gasteiger partial charge in [-0.05, 0) is 84.5 Å². The van der Waals surface area contributed by atoms with Gasteiger partial charge in [0.1, 0.15) is 5.82 Å². The van der Waals surface area contributed by atoms with Gasteiger partial charge in [-0.15, -0.1) is 0 Å². The van der Waals surface area contributed by atoms with Crippen molar-refractivity contribution in [2.24, 2.45) is 5.92 Å². The molecule has 0 unspecified atom stereocenters. The number of anilines is 2. The first-order chi connectivity index (χ1) is 17.1. The van der Waals surface area contributed by atoms with Crippen LogP contribution in [0.4, 0.5) is 11.8 Å². The van der Waals surface area contributed by atoms with Crippen LogP contribution in [0.3, 0.4) is 0 Å². The van der Waals surface area contributed by atoms with Gasteiger partial charge in [0.05, 0.1) is 0 Å². The quantitative estimate of drug-likeness (QED) is 0.520. The van der Waals surface area contributed by atoms with Crippen molar-refractivity contribution in [1.29, 1.82) is 0 Å². The fourth-order valence-corrected chi connectivity index (χ4v) is 6.07. The molecule has 0 spiro atoms. The Morgan fingerprint density at radius 1 is 1.06 bits per heavy atom. The number of rotatable bonds is 8. The van der Waals surface area contributed by atoms with Crippen LogP contribution in [-0.4, -0.2) is 78.2 Å². The number of aromatic nitrogens is 2. The fraction of sp³-hybridized carbons (Fsp3) is 0.815. The Morgan fingerprint density at radius 2 is 1.80 bits per heavy atom. The van der Waals surface area contributed by atoms with Crippen LogP contribution in [0.1, 0.15) is 78.1 Å². The maximum Gasteiger partial charge on any atom is 0.224 e. The Hall–Kier alpha value is -1.93. The SMILES string of the molecule is CC(C)N1CCC[C@H](Nc2nccc(N3CCCCCCC3)n2)[C@H]1CCNC(=O)C1CCNCC1. The summed E-state index contributed by atoms with van der Waals surface area (Å²) in [5.74, 6) is 2.18. The minimum absolute atomic E-state index is 0.164. The normalized spacial score (nSPS) is 25.2. The van der Waals surface area contributed by atoms with E-state index in [0.29, 0.717) is 12.1 Å². The number of hydrogen-bond donors (Lipinski definition) is 3. The van der Waals surface area contributed by atoms with Gasteiger partial charge in [-0.2, -0.15) is 4.98 Å². The average Bonchev–Trinajstić information content (AvgIpc) is 2.85. The van der Waals surface area contributed by atoms with Crippen LogP contribution in [0.15, 0.2) is 12.3 Å². The fourth-order valence-electron chi connectivity index (χ4n) is 6.07. The summed E-state index contributed by atoms with van der Waals surface area (Å²) in [5.41, 5.74) is 0. The minimum Gasteiger partial charge on any atom is -0.356 e. The van der Waals surface area contributed by atoms with E-state index in [0.717, 1.165) is 76.7 Å². The van der Waals surface area contributed by atoms with Gasteiger partial charge in [-0.25, -0.2) is 4.98 Å². The van der Waals surface area contributed by atoms with Crippen molar-refractivity contribution >= 4 is 17.7 Å². The Balaban J connectivity index is 1.38. The first-order valence-corrected chi connectivity index (χ1v) is 14.2. The highest BCUT2D eigenvalue weighted by atomic mass is 16.1. The van der Waals surface area contributed by atoms with Crippen molar-refractivity contribution in [3.63, 3.8) is 0 Å². The van der Waals surface area contributed by atoms with Crippen molar-refractivity contribution < 1.29 is 4.79 Å². The minimum atomic E-state index is 0.164. The standard InChI is InChI=1S/C27H47N7O/c1-21(2)34-20-8-9-23(24(34)12-16-29-26(35)22-10-14-28-15-11-22)31-27-30-17-13-25(32-27)33-18-6-4-3-5-7-19-33/h13,17,21-24,28H,3-12,14-16,18-20H2,1-2H3,(H,29,35)(H,30,31,32)/t23-,24+/m0/s1. The van der Waals surface area contributed by atoms with Gasteiger partial charge < -0.3 is 20.9 Å². The molecule has 0 aliphatic carbocycles. The van der Waals surface area contributed by atoms with Crippen LogP contribution < -0.4 is 20.9 Å². The molecule has 3 aliphatic rings. The lowest BCUT2D eigenvalue weighted by Crippen LogP contribution is -2.55. The van der Waals surface area contributed by atoms with Crippen LogP contribution in [0, 0.1) is 5.92 Å². The zero-order valence-corrected chi connectivity index (χ0v) is 22.0. The smallest absolute Gasteiger partial charge is 0.224 e. The summed E-state index contributed by atoms with van der Waals surface area (Å²) in [6.45, 7) is 10.5. The number of likely N-dealkylation sites (tertiary alicyclic amines) is 1. The van der Waals surface area contributed by atoms with E-state index in [-0.39, 0.29) is 17.9 Å². The summed E-state index contributed by atoms with van der Waals surface area (Å²) in [4.78, 5) is 27.2. The Bertz CT molecular complexity index is 775. The van der Waals surface area contributed by atoms with E-state index in [1.54, 1.807) is 0 Å². The number of carbonyl (C=O) groups is 1. The lowest BCUT2D eigenvalue weighted by atomic mass is 9.92. The number of piperidine rings is 2. The average molecular weight is 486 g/mol. The van der Waals surface area contributed by atoms with Crippen molar-refractivity contribution in [3.8, 4) is 0 Å². The monoisotopic (exact) mass is 485 g/mol. The molecule has 4 heterocycles. The molecular weight excluding hydrogens is 438 g/mol. The van der Waals surface area contributed by atoms with E-state index < -0.39 is 0 Å². The molecule has 0 aromatic carbocycles. The van der Waals surface area contributed by atoms with Crippen LogP contribution in [-0.2, 0) is 4.79 Å². The molecule has 0 bridgehead atoms. The molecule has 8 nitrogen and oxygen atoms in total. The second kappa shape index (κ2) is 13.4. The maximum absolute atomic E-state index is 12.7. The van der Waals surface area contributed by atoms with Gasteiger partial charge in [-0.1, -0.05) is 19.3 Å². The molecule has 0 saturated carbocycles. The van der Waals surface area contributed by atoms with Crippen molar-refractivity contribution in [1.82, 2.24) is 25.5 Å². The third kappa shape index (κ3) is 7.53. The molecule has 3 fully saturated rings. The van der Waals surface area contributed by atoms with Crippen LogP contribution >= 0.6 is 0 Å². The van der Waals surface area contributed by atoms with Crippen molar-refractivity contribution in [3.05, 3.63) is 12.3 Å². The largest absolute Gasteiger partial charge is 0.356 e. The molecule has 2 atom stereocenters. The highest BCUT2D eigenvalue weighted by molar-refractivity contribution is 5.78. The Kier molecular flexibility index (Phi) is 10.0. The predicted octanol–water partition coefficient (Wildman–Crippen LogP) is 3.41. The molecule has 3 aliphatic heterocycles. The topological polar surface area (TPSA) is 85.4 Å². The second-order valence-corrected chi connectivity index (χ2v) is 10.9. The summed E-state index contributed by atoms with van der Waals surface area (Å²) >= 11 is 0. The molecule has 4 rings (SSSR count). The molecule has 8 heteroatoms. The molecule has 3 N–H and O–H groups in total. The molecule has 1 aromatic heterocycles. The summed E-state index contributed by atoms with van der Waals surface area (Å²) in [6, 6.07) is 3.16. The second-order valence-electron chi connectivity index (χ2n) is 10.9. The summed E-state index contributed by atoms with van der Waals surface area (Å²) in [7, 11) is 0. The third-order valence-electron chi connectivity index (χ3n) is 8.07. The summed E-state index contributed by atoms with van der Waals surface area (Å²) in [6.07, 6.45) is 13.5. The predicted molar refractivity (Wildman–Crippen MR) is 143 cm³/mol. The number of amides is 1. The molecule has 3 saturated heterocycles. The van der Waals surface area contributed by atoms with E-state index in [1.165, 1.54) is 38.5 Å². The molecule has 196 valence electrons. The highest BCUT2D eigenvalue weighted by Crippen LogP contribution is 2.26. The van der Waals surface area contributed by atoms with Crippen LogP contribution in [0.25, 0.3) is 0 Å². The molecule has 1 amide bonds. The molecular formula is C27H47N7O. The van der Waals surface area contributed by atoms with Crippen molar-refractivity contribution in [2.45, 2.75) is 96.2 Å².